The molecule has 0 spiro atoms. The molecule has 22 heavy (non-hydrogen) atoms. The first-order chi connectivity index (χ1) is 10.7. The molecule has 0 aliphatic heterocycles. The van der Waals surface area contributed by atoms with Gasteiger partial charge in [-0.15, -0.1) is 0 Å². The van der Waals surface area contributed by atoms with Crippen molar-refractivity contribution in [3.63, 3.8) is 0 Å². The number of benzene rings is 2. The normalized spacial score (nSPS) is 11.0. The molecule has 0 aliphatic carbocycles. The second-order valence-corrected chi connectivity index (χ2v) is 4.99. The van der Waals surface area contributed by atoms with E-state index >= 15 is 0 Å². The number of carbonyl (C=O) groups excluding carboxylic acids is 1. The Bertz CT molecular complexity index is 802. The van der Waals surface area contributed by atoms with E-state index in [1.165, 1.54) is 6.08 Å². The van der Waals surface area contributed by atoms with Crippen LogP contribution in [-0.4, -0.2) is 21.2 Å². The van der Waals surface area contributed by atoms with Crippen LogP contribution in [0.4, 0.5) is 0 Å². The number of carbonyl (C=O) groups is 1. The second kappa shape index (κ2) is 6.18. The van der Waals surface area contributed by atoms with E-state index in [1.54, 1.807) is 6.08 Å². The Morgan fingerprint density at radius 3 is 2.45 bits per heavy atom. The quantitative estimate of drug-likeness (QED) is 0.589. The number of nitrogens with zero attached hydrogens (tertiary/aromatic N) is 2. The van der Waals surface area contributed by atoms with Crippen molar-refractivity contribution in [3.8, 4) is 11.3 Å². The third kappa shape index (κ3) is 3.01. The summed E-state index contributed by atoms with van der Waals surface area (Å²) in [6.45, 7) is 1.99. The lowest BCUT2D eigenvalue weighted by Crippen LogP contribution is -1.94. The van der Waals surface area contributed by atoms with Crippen molar-refractivity contribution >= 4 is 11.9 Å². The molecule has 2 aromatic carbocycles. The number of allylic oxidation sites excluding steroid dienone is 1. The molecule has 1 heterocycles. The van der Waals surface area contributed by atoms with Crippen LogP contribution in [0.2, 0.25) is 0 Å². The summed E-state index contributed by atoms with van der Waals surface area (Å²) in [7, 11) is 0. The second-order valence-electron chi connectivity index (χ2n) is 4.99. The van der Waals surface area contributed by atoms with E-state index in [1.807, 2.05) is 61.5 Å². The lowest BCUT2D eigenvalue weighted by molar-refractivity contribution is 0.104. The lowest BCUT2D eigenvalue weighted by atomic mass is 10.1. The molecule has 0 bridgehead atoms. The van der Waals surface area contributed by atoms with Crippen molar-refractivity contribution in [1.82, 2.24) is 15.4 Å². The summed E-state index contributed by atoms with van der Waals surface area (Å²) in [5.41, 5.74) is 4.12. The van der Waals surface area contributed by atoms with Gasteiger partial charge in [0.05, 0.1) is 0 Å². The number of aryl methyl sites for hydroxylation is 1. The van der Waals surface area contributed by atoms with Crippen LogP contribution >= 0.6 is 0 Å². The highest BCUT2D eigenvalue weighted by Crippen LogP contribution is 2.20. The molecule has 0 saturated heterocycles. The summed E-state index contributed by atoms with van der Waals surface area (Å²) < 4.78 is 0. The Labute approximate surface area is 128 Å². The topological polar surface area (TPSA) is 58.6 Å². The third-order valence-electron chi connectivity index (χ3n) is 3.35. The van der Waals surface area contributed by atoms with Gasteiger partial charge in [0.15, 0.2) is 5.78 Å². The molecule has 0 unspecified atom stereocenters. The van der Waals surface area contributed by atoms with Crippen molar-refractivity contribution in [2.24, 2.45) is 0 Å². The molecule has 3 aromatic rings. The fourth-order valence-corrected chi connectivity index (χ4v) is 2.13. The maximum absolute atomic E-state index is 12.2. The Morgan fingerprint density at radius 1 is 1.00 bits per heavy atom. The number of H-pyrrole nitrogens is 1. The smallest absolute Gasteiger partial charge is 0.185 e. The molecule has 1 aromatic heterocycles. The van der Waals surface area contributed by atoms with Crippen LogP contribution in [0, 0.1) is 6.92 Å². The molecule has 0 radical (unpaired) electrons. The first kappa shape index (κ1) is 13.9. The van der Waals surface area contributed by atoms with Gasteiger partial charge in [0.1, 0.15) is 11.4 Å². The molecule has 1 N–H and O–H groups in total. The van der Waals surface area contributed by atoms with E-state index in [4.69, 9.17) is 0 Å². The van der Waals surface area contributed by atoms with Crippen LogP contribution in [0.3, 0.4) is 0 Å². The highest BCUT2D eigenvalue weighted by molar-refractivity contribution is 6.07. The fraction of sp³-hybridized carbons (Fsp3) is 0.0556. The zero-order valence-electron chi connectivity index (χ0n) is 12.2. The highest BCUT2D eigenvalue weighted by atomic mass is 16.1. The minimum Gasteiger partial charge on any atom is -0.289 e. The number of ketones is 1. The molecule has 0 amide bonds. The Hall–Kier alpha value is -3.01. The van der Waals surface area contributed by atoms with Crippen LogP contribution < -0.4 is 0 Å². The molecule has 0 saturated carbocycles. The van der Waals surface area contributed by atoms with Crippen molar-refractivity contribution in [3.05, 3.63) is 77.5 Å². The number of aromatic nitrogens is 3. The average molecular weight is 289 g/mol. The maximum atomic E-state index is 12.2. The van der Waals surface area contributed by atoms with Gasteiger partial charge in [0.25, 0.3) is 0 Å². The average Bonchev–Trinajstić information content (AvgIpc) is 3.02. The zero-order chi connectivity index (χ0) is 15.4. The SMILES string of the molecule is Cc1ccc(C(=O)/C=C/c2n[nH]nc2-c2ccccc2)cc1. The van der Waals surface area contributed by atoms with Gasteiger partial charge in [-0.05, 0) is 19.1 Å². The van der Waals surface area contributed by atoms with Gasteiger partial charge >= 0.3 is 0 Å². The van der Waals surface area contributed by atoms with E-state index in [0.29, 0.717) is 11.3 Å². The first-order valence-corrected chi connectivity index (χ1v) is 6.99. The molecule has 0 aliphatic rings. The number of nitrogens with one attached hydrogen (secondary N) is 1. The van der Waals surface area contributed by atoms with E-state index in [9.17, 15) is 4.79 Å². The third-order valence-corrected chi connectivity index (χ3v) is 3.35. The molecule has 3 rings (SSSR count). The molecule has 0 fully saturated rings. The maximum Gasteiger partial charge on any atom is 0.185 e. The lowest BCUT2D eigenvalue weighted by Gasteiger charge is -1.97. The fourth-order valence-electron chi connectivity index (χ4n) is 2.13. The Kier molecular flexibility index (Phi) is 3.92. The summed E-state index contributed by atoms with van der Waals surface area (Å²) in [6.07, 6.45) is 3.21. The van der Waals surface area contributed by atoms with Gasteiger partial charge in [0.2, 0.25) is 0 Å². The number of aromatic amines is 1. The predicted molar refractivity (Wildman–Crippen MR) is 86.4 cm³/mol. The number of hydrogen-bond acceptors (Lipinski definition) is 3. The van der Waals surface area contributed by atoms with Crippen LogP contribution in [0.5, 0.6) is 0 Å². The van der Waals surface area contributed by atoms with Crippen molar-refractivity contribution in [1.29, 1.82) is 0 Å². The predicted octanol–water partition coefficient (Wildman–Crippen LogP) is 3.68. The standard InChI is InChI=1S/C18H15N3O/c1-13-7-9-14(10-8-13)17(22)12-11-16-18(20-21-19-16)15-5-3-2-4-6-15/h2-12H,1H3,(H,19,20,21)/b12-11+. The minimum absolute atomic E-state index is 0.0537. The van der Waals surface area contributed by atoms with Crippen LogP contribution in [0.15, 0.2) is 60.7 Å². The molecule has 108 valence electrons. The molecular formula is C18H15N3O. The van der Waals surface area contributed by atoms with Crippen LogP contribution in [0.1, 0.15) is 21.6 Å². The molecule has 4 nitrogen and oxygen atoms in total. The summed E-state index contributed by atoms with van der Waals surface area (Å²) >= 11 is 0. The monoisotopic (exact) mass is 289 g/mol. The number of hydrogen-bond donors (Lipinski definition) is 1. The van der Waals surface area contributed by atoms with Gasteiger partial charge in [0, 0.05) is 11.1 Å². The van der Waals surface area contributed by atoms with E-state index in [2.05, 4.69) is 15.4 Å². The molecule has 4 heteroatoms. The van der Waals surface area contributed by atoms with Crippen molar-refractivity contribution < 1.29 is 4.79 Å². The highest BCUT2D eigenvalue weighted by Gasteiger charge is 2.08. The van der Waals surface area contributed by atoms with Crippen LogP contribution in [0.25, 0.3) is 17.3 Å². The van der Waals surface area contributed by atoms with Gasteiger partial charge in [-0.25, -0.2) is 0 Å². The first-order valence-electron chi connectivity index (χ1n) is 6.99. The van der Waals surface area contributed by atoms with E-state index in [-0.39, 0.29) is 5.78 Å². The summed E-state index contributed by atoms with van der Waals surface area (Å²) in [5, 5.41) is 10.9. The summed E-state index contributed by atoms with van der Waals surface area (Å²) in [4.78, 5) is 12.2. The van der Waals surface area contributed by atoms with Crippen molar-refractivity contribution in [2.75, 3.05) is 0 Å². The summed E-state index contributed by atoms with van der Waals surface area (Å²) in [6, 6.07) is 17.2. The van der Waals surface area contributed by atoms with Gasteiger partial charge < -0.3 is 0 Å². The van der Waals surface area contributed by atoms with Gasteiger partial charge in [-0.1, -0.05) is 60.2 Å². The Balaban J connectivity index is 1.83. The van der Waals surface area contributed by atoms with Gasteiger partial charge in [-0.2, -0.15) is 15.4 Å². The number of rotatable bonds is 4. The largest absolute Gasteiger partial charge is 0.289 e. The van der Waals surface area contributed by atoms with Gasteiger partial charge in [-0.3, -0.25) is 4.79 Å². The minimum atomic E-state index is -0.0537. The Morgan fingerprint density at radius 2 is 1.73 bits per heavy atom. The van der Waals surface area contributed by atoms with E-state index in [0.717, 1.165) is 16.8 Å². The molecule has 0 atom stereocenters. The molecular weight excluding hydrogens is 274 g/mol. The zero-order valence-corrected chi connectivity index (χ0v) is 12.2. The van der Waals surface area contributed by atoms with Crippen LogP contribution in [-0.2, 0) is 0 Å². The van der Waals surface area contributed by atoms with Crippen molar-refractivity contribution in [2.45, 2.75) is 6.92 Å². The van der Waals surface area contributed by atoms with E-state index < -0.39 is 0 Å². The summed E-state index contributed by atoms with van der Waals surface area (Å²) in [5.74, 6) is -0.0537.